The number of rotatable bonds is 5. The first-order chi connectivity index (χ1) is 12.5. The molecule has 1 aromatic carbocycles. The summed E-state index contributed by atoms with van der Waals surface area (Å²) in [5.74, 6) is -0.289. The molecule has 0 bridgehead atoms. The van der Waals surface area contributed by atoms with Crippen LogP contribution in [0.4, 0.5) is 11.4 Å². The third-order valence-electron chi connectivity index (χ3n) is 4.23. The Bertz CT molecular complexity index is 862. The van der Waals surface area contributed by atoms with E-state index in [1.54, 1.807) is 11.3 Å². The van der Waals surface area contributed by atoms with Gasteiger partial charge < -0.3 is 10.2 Å². The Labute approximate surface area is 165 Å². The fourth-order valence-electron chi connectivity index (χ4n) is 2.70. The zero-order valence-electron chi connectivity index (χ0n) is 14.7. The van der Waals surface area contributed by atoms with Crippen molar-refractivity contribution in [1.82, 2.24) is 5.32 Å². The van der Waals surface area contributed by atoms with Crippen molar-refractivity contribution in [2.24, 2.45) is 4.99 Å². The number of carbonyl (C=O) groups is 2. The number of hydrogen-bond acceptors (Lipinski definition) is 4. The Morgan fingerprint density at radius 1 is 1.35 bits per heavy atom. The number of carbonyl (C=O) groups excluding carboxylic acids is 2. The van der Waals surface area contributed by atoms with Gasteiger partial charge in [0.15, 0.2) is 0 Å². The van der Waals surface area contributed by atoms with Gasteiger partial charge in [0.05, 0.1) is 32.2 Å². The van der Waals surface area contributed by atoms with Crippen molar-refractivity contribution in [1.29, 1.82) is 0 Å². The second kappa shape index (κ2) is 8.14. The van der Waals surface area contributed by atoms with Gasteiger partial charge in [-0.15, -0.1) is 11.3 Å². The number of para-hydroxylation sites is 2. The third kappa shape index (κ3) is 4.22. The topological polar surface area (TPSA) is 61.8 Å². The highest BCUT2D eigenvalue weighted by molar-refractivity contribution is 9.11. The Hall–Kier alpha value is -1.99. The number of amides is 2. The first kappa shape index (κ1) is 18.8. The molecule has 5 nitrogen and oxygen atoms in total. The average molecular weight is 434 g/mol. The van der Waals surface area contributed by atoms with Gasteiger partial charge in [-0.2, -0.15) is 0 Å². The number of nitrogens with one attached hydrogen (secondary N) is 1. The van der Waals surface area contributed by atoms with Gasteiger partial charge in [0.25, 0.3) is 0 Å². The van der Waals surface area contributed by atoms with Gasteiger partial charge >= 0.3 is 0 Å². The fourth-order valence-corrected chi connectivity index (χ4v) is 4.07. The summed E-state index contributed by atoms with van der Waals surface area (Å²) in [4.78, 5) is 32.5. The van der Waals surface area contributed by atoms with Crippen molar-refractivity contribution in [2.75, 3.05) is 11.4 Å². The molecule has 136 valence electrons. The van der Waals surface area contributed by atoms with Gasteiger partial charge in [-0.25, -0.2) is 4.99 Å². The van der Waals surface area contributed by atoms with Crippen LogP contribution in [0.2, 0.25) is 0 Å². The van der Waals surface area contributed by atoms with Gasteiger partial charge in [0.1, 0.15) is 6.54 Å². The molecule has 1 atom stereocenters. The van der Waals surface area contributed by atoms with E-state index in [2.05, 4.69) is 21.2 Å². The minimum absolute atomic E-state index is 0.00286. The lowest BCUT2D eigenvalue weighted by molar-refractivity contribution is -0.123. The summed E-state index contributed by atoms with van der Waals surface area (Å²) in [6.07, 6.45) is 1.01. The smallest absolute Gasteiger partial charge is 0.240 e. The molecule has 1 unspecified atom stereocenters. The van der Waals surface area contributed by atoms with Gasteiger partial charge in [0, 0.05) is 6.04 Å². The first-order valence-corrected chi connectivity index (χ1v) is 10.1. The van der Waals surface area contributed by atoms with Crippen LogP contribution in [0.15, 0.2) is 45.2 Å². The van der Waals surface area contributed by atoms with Crippen LogP contribution in [-0.2, 0) is 9.59 Å². The molecule has 2 amide bonds. The summed E-state index contributed by atoms with van der Waals surface area (Å²) in [5.41, 5.74) is 2.10. The quantitative estimate of drug-likeness (QED) is 0.764. The van der Waals surface area contributed by atoms with Crippen LogP contribution in [0, 0.1) is 0 Å². The molecule has 1 N–H and O–H groups in total. The molecule has 0 radical (unpaired) electrons. The van der Waals surface area contributed by atoms with E-state index in [1.807, 2.05) is 50.2 Å². The molecule has 1 aromatic heterocycles. The summed E-state index contributed by atoms with van der Waals surface area (Å²) in [6.45, 7) is 3.96. The highest BCUT2D eigenvalue weighted by Crippen LogP contribution is 2.34. The number of hydrogen-bond donors (Lipinski definition) is 1. The molecular formula is C19H20BrN3O2S. The number of nitrogens with zero attached hydrogens (tertiary/aromatic N) is 2. The Kier molecular flexibility index (Phi) is 5.88. The van der Waals surface area contributed by atoms with E-state index in [4.69, 9.17) is 4.99 Å². The van der Waals surface area contributed by atoms with Crippen LogP contribution in [0.3, 0.4) is 0 Å². The fraction of sp³-hybridized carbons (Fsp3) is 0.316. The molecule has 0 saturated carbocycles. The number of aliphatic imine (C=N–C) groups is 1. The van der Waals surface area contributed by atoms with Gasteiger partial charge in [0.2, 0.25) is 11.8 Å². The van der Waals surface area contributed by atoms with E-state index >= 15 is 0 Å². The van der Waals surface area contributed by atoms with Crippen LogP contribution >= 0.6 is 27.3 Å². The highest BCUT2D eigenvalue weighted by Gasteiger charge is 2.27. The zero-order chi connectivity index (χ0) is 18.7. The summed E-state index contributed by atoms with van der Waals surface area (Å²) >= 11 is 5.00. The van der Waals surface area contributed by atoms with Crippen LogP contribution in [0.25, 0.3) is 0 Å². The minimum Gasteiger partial charge on any atom is -0.352 e. The maximum Gasteiger partial charge on any atom is 0.240 e. The molecule has 0 fully saturated rings. The normalized spacial score (nSPS) is 15.1. The molecule has 0 aliphatic carbocycles. The molecule has 7 heteroatoms. The van der Waals surface area contributed by atoms with E-state index in [9.17, 15) is 9.59 Å². The van der Waals surface area contributed by atoms with Gasteiger partial charge in [-0.05, 0) is 53.5 Å². The molecule has 0 spiro atoms. The third-order valence-corrected chi connectivity index (χ3v) is 5.90. The molecule has 2 aromatic rings. The molecule has 26 heavy (non-hydrogen) atoms. The van der Waals surface area contributed by atoms with Crippen LogP contribution in [-0.4, -0.2) is 30.1 Å². The number of thiophene rings is 1. The molecule has 1 aliphatic rings. The second-order valence-corrected chi connectivity index (χ2v) is 8.65. The van der Waals surface area contributed by atoms with Crippen molar-refractivity contribution in [3.8, 4) is 0 Å². The van der Waals surface area contributed by atoms with Gasteiger partial charge in [-0.1, -0.05) is 19.1 Å². The standard InChI is InChI=1S/C19H20BrN3O2S/c1-3-12(2)21-18(24)11-23-15-7-5-4-6-13(15)22-14(10-19(23)25)16-8-9-17(20)26-16/h4-9,12H,3,10-11H2,1-2H3,(H,21,24). The first-order valence-electron chi connectivity index (χ1n) is 8.50. The maximum absolute atomic E-state index is 12.9. The van der Waals surface area contributed by atoms with E-state index in [-0.39, 0.29) is 30.8 Å². The summed E-state index contributed by atoms with van der Waals surface area (Å²) in [6, 6.07) is 11.4. The van der Waals surface area contributed by atoms with Crippen LogP contribution in [0.1, 0.15) is 31.6 Å². The van der Waals surface area contributed by atoms with Crippen molar-refractivity contribution in [3.63, 3.8) is 0 Å². The van der Waals surface area contributed by atoms with E-state index in [1.165, 1.54) is 4.90 Å². The van der Waals surface area contributed by atoms with Crippen LogP contribution < -0.4 is 10.2 Å². The second-order valence-electron chi connectivity index (χ2n) is 6.18. The largest absolute Gasteiger partial charge is 0.352 e. The lowest BCUT2D eigenvalue weighted by atomic mass is 10.2. The maximum atomic E-state index is 12.9. The molecule has 3 rings (SSSR count). The Morgan fingerprint density at radius 2 is 2.12 bits per heavy atom. The van der Waals surface area contributed by atoms with E-state index < -0.39 is 0 Å². The number of anilines is 1. The highest BCUT2D eigenvalue weighted by atomic mass is 79.9. The summed E-state index contributed by atoms with van der Waals surface area (Å²) < 4.78 is 0.991. The lowest BCUT2D eigenvalue weighted by Gasteiger charge is -2.23. The Morgan fingerprint density at radius 3 is 2.81 bits per heavy atom. The molecular weight excluding hydrogens is 414 g/mol. The van der Waals surface area contributed by atoms with E-state index in [0.717, 1.165) is 20.8 Å². The predicted octanol–water partition coefficient (Wildman–Crippen LogP) is 4.28. The van der Waals surface area contributed by atoms with E-state index in [0.29, 0.717) is 11.4 Å². The van der Waals surface area contributed by atoms with Crippen molar-refractivity contribution in [3.05, 3.63) is 45.1 Å². The van der Waals surface area contributed by atoms with Crippen molar-refractivity contribution < 1.29 is 9.59 Å². The lowest BCUT2D eigenvalue weighted by Crippen LogP contribution is -2.43. The average Bonchev–Trinajstić information content (AvgIpc) is 3.00. The molecule has 1 aliphatic heterocycles. The number of fused-ring (bicyclic) bond motifs is 1. The zero-order valence-corrected chi connectivity index (χ0v) is 17.1. The number of benzene rings is 1. The summed E-state index contributed by atoms with van der Waals surface area (Å²) in [5, 5.41) is 2.92. The number of halogens is 1. The monoisotopic (exact) mass is 433 g/mol. The molecule has 0 saturated heterocycles. The van der Waals surface area contributed by atoms with Gasteiger partial charge in [-0.3, -0.25) is 9.59 Å². The minimum atomic E-state index is -0.162. The van der Waals surface area contributed by atoms with Crippen molar-refractivity contribution in [2.45, 2.75) is 32.7 Å². The summed E-state index contributed by atoms with van der Waals surface area (Å²) in [7, 11) is 0. The van der Waals surface area contributed by atoms with Crippen LogP contribution in [0.5, 0.6) is 0 Å². The SMILES string of the molecule is CCC(C)NC(=O)CN1C(=O)CC(c2ccc(Br)s2)=Nc2ccccc21. The molecule has 2 heterocycles. The van der Waals surface area contributed by atoms with Crippen molar-refractivity contribution >= 4 is 56.2 Å². The predicted molar refractivity (Wildman–Crippen MR) is 110 cm³/mol. The Balaban J connectivity index is 1.91.